The summed E-state index contributed by atoms with van der Waals surface area (Å²) in [7, 11) is -4.24. The van der Waals surface area contributed by atoms with E-state index in [1.807, 2.05) is 48.5 Å². The Morgan fingerprint density at radius 3 is 1.13 bits per heavy atom. The molecule has 2 aliphatic heterocycles. The van der Waals surface area contributed by atoms with Crippen LogP contribution in [0.15, 0.2) is 48.5 Å². The van der Waals surface area contributed by atoms with Crippen molar-refractivity contribution in [2.45, 2.75) is 72.5 Å². The Kier molecular flexibility index (Phi) is 5.86. The molecule has 6 heteroatoms. The number of fused-ring (bicyclic) bond motifs is 2. The van der Waals surface area contributed by atoms with Gasteiger partial charge in [-0.3, -0.25) is 0 Å². The minimum Gasteiger partial charge on any atom is -0.342 e. The first-order chi connectivity index (χ1) is 14.0. The number of benzene rings is 2. The molecule has 0 radical (unpaired) electrons. The molecule has 0 bridgehead atoms. The first-order valence-corrected chi connectivity index (χ1v) is 13.1. The second kappa shape index (κ2) is 7.82. The smallest absolute Gasteiger partial charge is 0.0803 e. The van der Waals surface area contributed by atoms with Gasteiger partial charge in [0.05, 0.1) is 12.1 Å². The predicted octanol–water partition coefficient (Wildman–Crippen LogP) is 5.12. The van der Waals surface area contributed by atoms with Crippen molar-refractivity contribution in [3.05, 3.63) is 48.5 Å². The monoisotopic (exact) mass is 431 g/mol. The third kappa shape index (κ3) is 3.67. The third-order valence-corrected chi connectivity index (χ3v) is 11.1. The molecule has 2 N–H and O–H groups in total. The van der Waals surface area contributed by atoms with E-state index < -0.39 is 13.4 Å². The number of hydrogen-bond donors (Lipinski definition) is 1. The molecule has 1 spiro atoms. The molecule has 0 atom stereocenters. The molecule has 2 aliphatic rings. The van der Waals surface area contributed by atoms with Crippen LogP contribution in [0.3, 0.4) is 0 Å². The van der Waals surface area contributed by atoms with Gasteiger partial charge in [0.15, 0.2) is 0 Å². The fraction of sp³-hybridized carbons (Fsp3) is 0.500. The minimum absolute atomic E-state index is 0.236. The fourth-order valence-corrected chi connectivity index (χ4v) is 8.33. The molecular weight excluding hydrogens is 394 g/mol. The third-order valence-electron chi connectivity index (χ3n) is 6.11. The van der Waals surface area contributed by atoms with Crippen LogP contribution >= 0.6 is 0 Å². The van der Waals surface area contributed by atoms with Gasteiger partial charge in [-0.2, -0.15) is 0 Å². The summed E-state index contributed by atoms with van der Waals surface area (Å²) in [5.74, 6) is 2.97. The van der Waals surface area contributed by atoms with Crippen LogP contribution in [-0.2, 0) is 0 Å². The molecule has 0 aliphatic carbocycles. The Balaban J connectivity index is 0.000000318. The Labute approximate surface area is 181 Å². The number of rotatable bonds is 4. The summed E-state index contributed by atoms with van der Waals surface area (Å²) in [5.41, 5.74) is 0. The molecule has 4 rings (SSSR count). The van der Waals surface area contributed by atoms with Crippen LogP contribution in [-0.4, -0.2) is 20.4 Å². The van der Waals surface area contributed by atoms with E-state index in [1.165, 1.54) is 0 Å². The van der Waals surface area contributed by atoms with Gasteiger partial charge in [-0.15, -0.1) is 0 Å². The molecule has 0 saturated heterocycles. The summed E-state index contributed by atoms with van der Waals surface area (Å²) < 4.78 is 25.8. The van der Waals surface area contributed by atoms with E-state index >= 15 is 0 Å². The van der Waals surface area contributed by atoms with Gasteiger partial charge in [0.2, 0.25) is 0 Å². The molecule has 0 unspecified atom stereocenters. The number of para-hydroxylation sites is 4. The zero-order valence-corrected chi connectivity index (χ0v) is 20.6. The Morgan fingerprint density at radius 2 is 0.933 bits per heavy atom. The molecular formula is C24H37NO4Si. The maximum Gasteiger partial charge on any atom is 0.0803 e. The van der Waals surface area contributed by atoms with Gasteiger partial charge in [0.25, 0.3) is 0 Å². The zero-order chi connectivity index (χ0) is 22.2. The van der Waals surface area contributed by atoms with Gasteiger partial charge >= 0.3 is 136 Å². The fourth-order valence-electron chi connectivity index (χ4n) is 3.89. The molecule has 0 saturated carbocycles. The van der Waals surface area contributed by atoms with Crippen LogP contribution < -0.4 is 23.0 Å². The zero-order valence-electron chi connectivity index (χ0n) is 19.6. The minimum atomic E-state index is -4.24. The molecule has 166 valence electrons. The summed E-state index contributed by atoms with van der Waals surface area (Å²) in [6, 6.07) is 16.8. The Bertz CT molecular complexity index is 775. The van der Waals surface area contributed by atoms with Crippen molar-refractivity contribution in [3.8, 4) is 23.0 Å². The molecule has 2 aromatic rings. The van der Waals surface area contributed by atoms with Crippen molar-refractivity contribution in [2.24, 2.45) is 5.92 Å². The average molecular weight is 432 g/mol. The number of quaternary nitrogens is 1. The standard InChI is InChI=1S/C18H21O4Si.C6H15N/c1-13(2)18(3,4)23(19-14-9-5-6-10-15(14)20-23)21-16-11-7-8-12-17(16)22-23;1-5(2)7-6(3)4/h5-13H,1-4H3;5-7H,1-4H3/q-1;/p+1. The van der Waals surface area contributed by atoms with Crippen LogP contribution in [0.25, 0.3) is 0 Å². The van der Waals surface area contributed by atoms with E-state index in [9.17, 15) is 0 Å². The maximum absolute atomic E-state index is 6.44. The van der Waals surface area contributed by atoms with Gasteiger partial charge < -0.3 is 5.32 Å². The SMILES string of the molecule is CC(C)C(C)(C)[Si-]12(Oc3ccccc3O1)Oc1ccccc1O2.CC(C)[NH2+]C(C)C. The van der Waals surface area contributed by atoms with Crippen molar-refractivity contribution in [3.63, 3.8) is 0 Å². The summed E-state index contributed by atoms with van der Waals surface area (Å²) in [5, 5.41) is 1.89. The van der Waals surface area contributed by atoms with Crippen molar-refractivity contribution < 1.29 is 23.0 Å². The van der Waals surface area contributed by atoms with Crippen LogP contribution in [0, 0.1) is 5.92 Å². The molecule has 0 aromatic heterocycles. The largest absolute Gasteiger partial charge is 0.342 e. The average Bonchev–Trinajstić information content (AvgIpc) is 3.16. The van der Waals surface area contributed by atoms with Crippen molar-refractivity contribution in [1.82, 2.24) is 0 Å². The molecule has 0 amide bonds. The quantitative estimate of drug-likeness (QED) is 0.683. The van der Waals surface area contributed by atoms with E-state index in [-0.39, 0.29) is 5.92 Å². The normalized spacial score (nSPS) is 18.8. The second-order valence-corrected chi connectivity index (χ2v) is 13.7. The van der Waals surface area contributed by atoms with Crippen molar-refractivity contribution in [1.29, 1.82) is 0 Å². The summed E-state index contributed by atoms with van der Waals surface area (Å²) in [4.78, 5) is 0. The number of hydrogen-bond acceptors (Lipinski definition) is 4. The van der Waals surface area contributed by atoms with E-state index in [0.29, 0.717) is 23.0 Å². The number of nitrogens with two attached hydrogens (primary N) is 1. The van der Waals surface area contributed by atoms with Crippen molar-refractivity contribution in [2.75, 3.05) is 0 Å². The topological polar surface area (TPSA) is 53.5 Å². The van der Waals surface area contributed by atoms with Crippen LogP contribution in [0.4, 0.5) is 0 Å². The van der Waals surface area contributed by atoms with Crippen LogP contribution in [0.5, 0.6) is 23.0 Å². The van der Waals surface area contributed by atoms with Gasteiger partial charge in [-0.25, -0.2) is 0 Å². The van der Waals surface area contributed by atoms with Gasteiger partial charge in [0, 0.05) is 0 Å². The summed E-state index contributed by atoms with van der Waals surface area (Å²) >= 11 is 0. The molecule has 5 nitrogen and oxygen atoms in total. The Hall–Kier alpha value is -2.18. The Morgan fingerprint density at radius 1 is 0.633 bits per heavy atom. The first kappa shape index (κ1) is 22.5. The van der Waals surface area contributed by atoms with Gasteiger partial charge in [-0.05, 0) is 27.7 Å². The van der Waals surface area contributed by atoms with E-state index in [0.717, 1.165) is 12.1 Å². The first-order valence-electron chi connectivity index (χ1n) is 11.0. The summed E-state index contributed by atoms with van der Waals surface area (Å²) in [6.07, 6.45) is 0. The van der Waals surface area contributed by atoms with Crippen LogP contribution in [0.2, 0.25) is 5.04 Å². The predicted molar refractivity (Wildman–Crippen MR) is 122 cm³/mol. The second-order valence-electron chi connectivity index (χ2n) is 9.77. The molecule has 0 fully saturated rings. The maximum atomic E-state index is 6.44. The summed E-state index contributed by atoms with van der Waals surface area (Å²) in [6.45, 7) is 17.3. The van der Waals surface area contributed by atoms with E-state index in [4.69, 9.17) is 17.7 Å². The van der Waals surface area contributed by atoms with Gasteiger partial charge in [-0.1, -0.05) is 0 Å². The van der Waals surface area contributed by atoms with Crippen LogP contribution in [0.1, 0.15) is 55.4 Å². The van der Waals surface area contributed by atoms with Gasteiger partial charge in [0.1, 0.15) is 0 Å². The van der Waals surface area contributed by atoms with Crippen molar-refractivity contribution >= 4 is 8.33 Å². The van der Waals surface area contributed by atoms with E-state index in [1.54, 1.807) is 0 Å². The van der Waals surface area contributed by atoms with E-state index in [2.05, 4.69) is 60.7 Å². The molecule has 2 heterocycles. The molecule has 30 heavy (non-hydrogen) atoms. The molecule has 2 aromatic carbocycles.